The van der Waals surface area contributed by atoms with Gasteiger partial charge in [-0.1, -0.05) is 0 Å². The van der Waals surface area contributed by atoms with Crippen LogP contribution >= 0.6 is 0 Å². The Morgan fingerprint density at radius 3 is 2.03 bits per heavy atom. The second kappa shape index (κ2) is 12.1. The molecule has 12 heteroatoms. The number of hydrogen-bond acceptors (Lipinski definition) is 9. The number of sulfonamides is 1. The van der Waals surface area contributed by atoms with E-state index in [1.807, 2.05) is 0 Å². The number of esters is 1. The summed E-state index contributed by atoms with van der Waals surface area (Å²) in [6, 6.07) is 7.71. The Hall–Kier alpha value is -3.51. The quantitative estimate of drug-likeness (QED) is 0.416. The fourth-order valence-corrected chi connectivity index (χ4v) is 4.03. The third-order valence-corrected chi connectivity index (χ3v) is 6.22. The zero-order chi connectivity index (χ0) is 25.3. The van der Waals surface area contributed by atoms with Crippen LogP contribution in [0.15, 0.2) is 41.3 Å². The second-order valence-electron chi connectivity index (χ2n) is 6.92. The van der Waals surface area contributed by atoms with Crippen molar-refractivity contribution in [3.8, 4) is 23.0 Å². The van der Waals surface area contributed by atoms with Crippen molar-refractivity contribution in [2.24, 2.45) is 0 Å². The molecule has 0 bridgehead atoms. The maximum Gasteiger partial charge on any atom is 0.324 e. The van der Waals surface area contributed by atoms with Crippen LogP contribution < -0.4 is 29.0 Å². The highest BCUT2D eigenvalue weighted by Crippen LogP contribution is 2.34. The summed E-state index contributed by atoms with van der Waals surface area (Å²) in [7, 11) is 1.93. The summed E-state index contributed by atoms with van der Waals surface area (Å²) in [4.78, 5) is 24.3. The first kappa shape index (κ1) is 26.7. The smallest absolute Gasteiger partial charge is 0.324 e. The van der Waals surface area contributed by atoms with Crippen LogP contribution in [0.25, 0.3) is 0 Å². The van der Waals surface area contributed by atoms with Gasteiger partial charge in [0.1, 0.15) is 17.5 Å². The molecule has 2 N–H and O–H groups in total. The van der Waals surface area contributed by atoms with Crippen LogP contribution in [0.2, 0.25) is 0 Å². The molecule has 0 aliphatic carbocycles. The van der Waals surface area contributed by atoms with Crippen LogP contribution in [0.3, 0.4) is 0 Å². The minimum absolute atomic E-state index is 0.0467. The van der Waals surface area contributed by atoms with Gasteiger partial charge in [-0.25, -0.2) is 8.42 Å². The third-order valence-electron chi connectivity index (χ3n) is 4.66. The Labute approximate surface area is 198 Å². The normalized spacial score (nSPS) is 11.8. The maximum atomic E-state index is 12.4. The van der Waals surface area contributed by atoms with Crippen molar-refractivity contribution < 1.29 is 41.7 Å². The predicted molar refractivity (Wildman–Crippen MR) is 122 cm³/mol. The molecular formula is C22H28N2O9S. The molecule has 0 radical (unpaired) electrons. The first-order valence-electron chi connectivity index (χ1n) is 10.0. The molecule has 0 saturated heterocycles. The van der Waals surface area contributed by atoms with Gasteiger partial charge in [0.2, 0.25) is 10.0 Å². The number of nitrogens with one attached hydrogen (secondary N) is 2. The topological polar surface area (TPSA) is 138 Å². The number of amides is 1. The van der Waals surface area contributed by atoms with Crippen molar-refractivity contribution in [1.29, 1.82) is 0 Å². The fraction of sp³-hybridized carbons (Fsp3) is 0.364. The Bertz CT molecular complexity index is 1100. The van der Waals surface area contributed by atoms with Crippen molar-refractivity contribution in [1.82, 2.24) is 10.0 Å². The Morgan fingerprint density at radius 1 is 0.882 bits per heavy atom. The van der Waals surface area contributed by atoms with Gasteiger partial charge in [-0.3, -0.25) is 9.59 Å². The van der Waals surface area contributed by atoms with Gasteiger partial charge in [0, 0.05) is 18.2 Å². The number of rotatable bonds is 12. The summed E-state index contributed by atoms with van der Waals surface area (Å²) in [5, 5.41) is 2.60. The lowest BCUT2D eigenvalue weighted by atomic mass is 10.1. The largest absolute Gasteiger partial charge is 0.497 e. The highest BCUT2D eigenvalue weighted by atomic mass is 32.2. The Morgan fingerprint density at radius 2 is 1.47 bits per heavy atom. The van der Waals surface area contributed by atoms with Crippen LogP contribution in [0.4, 0.5) is 0 Å². The van der Waals surface area contributed by atoms with Gasteiger partial charge in [0.25, 0.3) is 5.91 Å². The molecular weight excluding hydrogens is 468 g/mol. The lowest BCUT2D eigenvalue weighted by molar-refractivity contribution is -0.149. The molecule has 11 nitrogen and oxygen atoms in total. The van der Waals surface area contributed by atoms with E-state index in [0.29, 0.717) is 28.6 Å². The van der Waals surface area contributed by atoms with E-state index < -0.39 is 34.5 Å². The van der Waals surface area contributed by atoms with E-state index in [2.05, 4.69) is 10.0 Å². The summed E-state index contributed by atoms with van der Waals surface area (Å²) in [6.45, 7) is 0.790. The van der Waals surface area contributed by atoms with Crippen molar-refractivity contribution >= 4 is 21.9 Å². The van der Waals surface area contributed by atoms with Gasteiger partial charge in [0.05, 0.1) is 33.3 Å². The van der Waals surface area contributed by atoms with E-state index in [4.69, 9.17) is 23.7 Å². The molecule has 0 unspecified atom stereocenters. The third kappa shape index (κ3) is 6.99. The molecule has 0 spiro atoms. The standard InChI is InChI=1S/C22H28N2O9S/c1-14(24-34(27,28)17-8-6-16(29-2)7-9-17)22(26)33-13-21(25)23-12-15-10-19(31-4)20(32-5)11-18(15)30-3/h6-11,14,24H,12-13H2,1-5H3,(H,23,25)/t14-/m0/s1. The number of carbonyl (C=O) groups excluding carboxylic acids is 2. The van der Waals surface area contributed by atoms with Gasteiger partial charge in [-0.05, 0) is 37.3 Å². The average molecular weight is 497 g/mol. The molecule has 0 aliphatic heterocycles. The Kier molecular flexibility index (Phi) is 9.51. The van der Waals surface area contributed by atoms with Crippen LogP contribution in [0.1, 0.15) is 12.5 Å². The monoisotopic (exact) mass is 496 g/mol. The van der Waals surface area contributed by atoms with Gasteiger partial charge in [-0.15, -0.1) is 0 Å². The molecule has 2 rings (SSSR count). The molecule has 1 amide bonds. The first-order chi connectivity index (χ1) is 16.1. The van der Waals surface area contributed by atoms with Crippen molar-refractivity contribution in [3.63, 3.8) is 0 Å². The van der Waals surface area contributed by atoms with E-state index >= 15 is 0 Å². The molecule has 2 aromatic carbocycles. The second-order valence-corrected chi connectivity index (χ2v) is 8.64. The SMILES string of the molecule is COc1ccc(S(=O)(=O)N[C@@H](C)C(=O)OCC(=O)NCc2cc(OC)c(OC)cc2OC)cc1. The van der Waals surface area contributed by atoms with Gasteiger partial charge in [0.15, 0.2) is 18.1 Å². The molecule has 0 aliphatic rings. The number of ether oxygens (including phenoxy) is 5. The number of methoxy groups -OCH3 is 4. The highest BCUT2D eigenvalue weighted by molar-refractivity contribution is 7.89. The van der Waals surface area contributed by atoms with E-state index in [1.54, 1.807) is 12.1 Å². The zero-order valence-electron chi connectivity index (χ0n) is 19.5. The maximum absolute atomic E-state index is 12.4. The van der Waals surface area contributed by atoms with Crippen LogP contribution in [-0.2, 0) is 30.9 Å². The highest BCUT2D eigenvalue weighted by Gasteiger charge is 2.24. The van der Waals surface area contributed by atoms with E-state index in [0.717, 1.165) is 0 Å². The minimum atomic E-state index is -3.98. The van der Waals surface area contributed by atoms with E-state index in [9.17, 15) is 18.0 Å². The van der Waals surface area contributed by atoms with Crippen LogP contribution in [-0.4, -0.2) is 61.4 Å². The summed E-state index contributed by atoms with van der Waals surface area (Å²) in [6.07, 6.45) is 0. The zero-order valence-corrected chi connectivity index (χ0v) is 20.4. The van der Waals surface area contributed by atoms with Crippen molar-refractivity contribution in [2.45, 2.75) is 24.4 Å². The molecule has 0 saturated carbocycles. The van der Waals surface area contributed by atoms with Gasteiger partial charge < -0.3 is 29.0 Å². The average Bonchev–Trinajstić information content (AvgIpc) is 2.84. The molecule has 34 heavy (non-hydrogen) atoms. The van der Waals surface area contributed by atoms with Gasteiger partial charge >= 0.3 is 5.97 Å². The summed E-state index contributed by atoms with van der Waals surface area (Å²) >= 11 is 0. The fourth-order valence-electron chi connectivity index (χ4n) is 2.84. The predicted octanol–water partition coefficient (Wildman–Crippen LogP) is 1.25. The molecule has 0 heterocycles. The molecule has 1 atom stereocenters. The van der Waals surface area contributed by atoms with Crippen LogP contribution in [0.5, 0.6) is 23.0 Å². The lowest BCUT2D eigenvalue weighted by Crippen LogP contribution is -2.40. The van der Waals surface area contributed by atoms with Crippen molar-refractivity contribution in [3.05, 3.63) is 42.0 Å². The lowest BCUT2D eigenvalue weighted by Gasteiger charge is -2.15. The minimum Gasteiger partial charge on any atom is -0.497 e. The number of hydrogen-bond donors (Lipinski definition) is 2. The number of carbonyl (C=O) groups is 2. The summed E-state index contributed by atoms with van der Waals surface area (Å²) < 4.78 is 52.8. The molecule has 0 aromatic heterocycles. The Balaban J connectivity index is 1.90. The van der Waals surface area contributed by atoms with E-state index in [1.165, 1.54) is 59.6 Å². The summed E-state index contributed by atoms with van der Waals surface area (Å²) in [5.74, 6) is 0.386. The van der Waals surface area contributed by atoms with Gasteiger partial charge in [-0.2, -0.15) is 4.72 Å². The molecule has 186 valence electrons. The summed E-state index contributed by atoms with van der Waals surface area (Å²) in [5.41, 5.74) is 0.612. The molecule has 2 aromatic rings. The van der Waals surface area contributed by atoms with Crippen molar-refractivity contribution in [2.75, 3.05) is 35.0 Å². The number of benzene rings is 2. The van der Waals surface area contributed by atoms with Crippen LogP contribution in [0, 0.1) is 0 Å². The first-order valence-corrected chi connectivity index (χ1v) is 11.5. The molecule has 0 fully saturated rings. The van der Waals surface area contributed by atoms with E-state index in [-0.39, 0.29) is 11.4 Å².